The van der Waals surface area contributed by atoms with E-state index in [0.717, 1.165) is 4.47 Å². The highest BCUT2D eigenvalue weighted by Crippen LogP contribution is 2.02. The fourth-order valence-corrected chi connectivity index (χ4v) is 0.994. The van der Waals surface area contributed by atoms with Crippen LogP contribution in [0.1, 0.15) is 0 Å². The predicted octanol–water partition coefficient (Wildman–Crippen LogP) is 0.686. The molecule has 0 amide bonds. The van der Waals surface area contributed by atoms with Crippen molar-refractivity contribution in [3.8, 4) is 0 Å². The highest BCUT2D eigenvalue weighted by Gasteiger charge is 1.94. The van der Waals surface area contributed by atoms with E-state index in [1.165, 1.54) is 0 Å². The molecule has 1 heterocycles. The average molecular weight is 189 g/mol. The molecule has 0 unspecified atom stereocenters. The number of hydrogen-bond donors (Lipinski definition) is 1. The van der Waals surface area contributed by atoms with E-state index in [9.17, 15) is 0 Å². The molecular weight excluding hydrogens is 182 g/mol. The largest absolute Gasteiger partial charge is 0.339 e. The Balaban J connectivity index is 2.94. The molecule has 1 aromatic heterocycles. The van der Waals surface area contributed by atoms with Gasteiger partial charge >= 0.3 is 0 Å². The number of hydrogen-bond acceptors (Lipinski definition) is 1. The summed E-state index contributed by atoms with van der Waals surface area (Å²) >= 11 is 3.27. The van der Waals surface area contributed by atoms with Crippen LogP contribution >= 0.6 is 15.9 Å². The number of rotatable bonds is 1. The summed E-state index contributed by atoms with van der Waals surface area (Å²) in [6.07, 6.45) is 3.60. The summed E-state index contributed by atoms with van der Waals surface area (Å²) in [5.74, 6) is 0. The van der Waals surface area contributed by atoms with Crippen LogP contribution in [0.25, 0.3) is 0 Å². The first-order valence-electron chi connectivity index (χ1n) is 2.58. The molecular formula is C6H7BrNO+. The van der Waals surface area contributed by atoms with E-state index < -0.39 is 0 Å². The molecule has 3 heteroatoms. The molecule has 48 valence electrons. The van der Waals surface area contributed by atoms with Crippen LogP contribution in [0.2, 0.25) is 0 Å². The SMILES string of the molecule is OC[n+]1cccc(Br)c1. The van der Waals surface area contributed by atoms with Crippen molar-refractivity contribution in [1.82, 2.24) is 0 Å². The molecule has 0 aliphatic carbocycles. The van der Waals surface area contributed by atoms with Crippen LogP contribution in [0, 0.1) is 0 Å². The van der Waals surface area contributed by atoms with Crippen molar-refractivity contribution in [3.63, 3.8) is 0 Å². The smallest absolute Gasteiger partial charge is 0.250 e. The van der Waals surface area contributed by atoms with E-state index in [4.69, 9.17) is 5.11 Å². The van der Waals surface area contributed by atoms with Gasteiger partial charge in [-0.05, 0) is 22.0 Å². The van der Waals surface area contributed by atoms with Crippen LogP contribution < -0.4 is 4.57 Å². The lowest BCUT2D eigenvalue weighted by atomic mass is 10.5. The van der Waals surface area contributed by atoms with Gasteiger partial charge in [0.2, 0.25) is 6.73 Å². The van der Waals surface area contributed by atoms with E-state index in [1.807, 2.05) is 12.1 Å². The molecule has 2 nitrogen and oxygen atoms in total. The molecule has 0 spiro atoms. The summed E-state index contributed by atoms with van der Waals surface area (Å²) in [5, 5.41) is 8.60. The zero-order valence-electron chi connectivity index (χ0n) is 4.79. The topological polar surface area (TPSA) is 24.1 Å². The standard InChI is InChI=1S/C6H7BrNO/c7-6-2-1-3-8(4-6)5-9/h1-4,9H,5H2/q+1. The van der Waals surface area contributed by atoms with E-state index in [0.29, 0.717) is 0 Å². The van der Waals surface area contributed by atoms with Crippen molar-refractivity contribution in [2.45, 2.75) is 6.73 Å². The van der Waals surface area contributed by atoms with Gasteiger partial charge in [0.25, 0.3) is 0 Å². The van der Waals surface area contributed by atoms with Gasteiger partial charge in [-0.3, -0.25) is 0 Å². The molecule has 1 aromatic rings. The number of nitrogens with zero attached hydrogens (tertiary/aromatic N) is 1. The van der Waals surface area contributed by atoms with Crippen molar-refractivity contribution >= 4 is 15.9 Å². The molecule has 1 rings (SSSR count). The van der Waals surface area contributed by atoms with Crippen LogP contribution in [0.5, 0.6) is 0 Å². The molecule has 0 bridgehead atoms. The van der Waals surface area contributed by atoms with Gasteiger partial charge in [0, 0.05) is 6.07 Å². The Hall–Kier alpha value is -0.410. The summed E-state index contributed by atoms with van der Waals surface area (Å²) in [5.41, 5.74) is 0. The Morgan fingerprint density at radius 2 is 2.44 bits per heavy atom. The summed E-state index contributed by atoms with van der Waals surface area (Å²) < 4.78 is 2.64. The summed E-state index contributed by atoms with van der Waals surface area (Å²) in [6.45, 7) is 0.0272. The van der Waals surface area contributed by atoms with E-state index in [1.54, 1.807) is 17.0 Å². The molecule has 0 fully saturated rings. The Morgan fingerprint density at radius 3 is 2.89 bits per heavy atom. The highest BCUT2D eigenvalue weighted by atomic mass is 79.9. The minimum atomic E-state index is 0.0272. The third-order valence-corrected chi connectivity index (χ3v) is 1.45. The molecule has 0 atom stereocenters. The van der Waals surface area contributed by atoms with Crippen LogP contribution in [0.3, 0.4) is 0 Å². The minimum Gasteiger partial charge on any atom is -0.339 e. The van der Waals surface area contributed by atoms with Gasteiger partial charge in [0.1, 0.15) is 0 Å². The summed E-state index contributed by atoms with van der Waals surface area (Å²) in [6, 6.07) is 3.77. The maximum absolute atomic E-state index is 8.60. The summed E-state index contributed by atoms with van der Waals surface area (Å²) in [4.78, 5) is 0. The van der Waals surface area contributed by atoms with Crippen molar-refractivity contribution in [2.24, 2.45) is 0 Å². The molecule has 0 aliphatic heterocycles. The molecule has 0 saturated carbocycles. The quantitative estimate of drug-likeness (QED) is 0.645. The fourth-order valence-electron chi connectivity index (χ4n) is 0.578. The number of aliphatic hydroxyl groups is 1. The van der Waals surface area contributed by atoms with Crippen molar-refractivity contribution in [3.05, 3.63) is 29.0 Å². The average Bonchev–Trinajstić information content (AvgIpc) is 1.88. The minimum absolute atomic E-state index is 0.0272. The van der Waals surface area contributed by atoms with Crippen LogP contribution in [-0.4, -0.2) is 5.11 Å². The van der Waals surface area contributed by atoms with E-state index in [2.05, 4.69) is 15.9 Å². The Labute approximate surface area is 61.9 Å². The van der Waals surface area contributed by atoms with Crippen molar-refractivity contribution in [1.29, 1.82) is 0 Å². The molecule has 9 heavy (non-hydrogen) atoms. The number of halogens is 1. The van der Waals surface area contributed by atoms with E-state index >= 15 is 0 Å². The first-order chi connectivity index (χ1) is 4.33. The van der Waals surface area contributed by atoms with Gasteiger partial charge < -0.3 is 5.11 Å². The third-order valence-electron chi connectivity index (χ3n) is 0.985. The van der Waals surface area contributed by atoms with Crippen molar-refractivity contribution < 1.29 is 9.67 Å². The predicted molar refractivity (Wildman–Crippen MR) is 36.6 cm³/mol. The van der Waals surface area contributed by atoms with Gasteiger partial charge in [-0.2, -0.15) is 4.57 Å². The second-order valence-electron chi connectivity index (χ2n) is 1.68. The van der Waals surface area contributed by atoms with Gasteiger partial charge in [0.05, 0.1) is 4.47 Å². The first kappa shape index (κ1) is 6.71. The molecule has 0 saturated heterocycles. The lowest BCUT2D eigenvalue weighted by molar-refractivity contribution is -0.730. The zero-order chi connectivity index (χ0) is 6.69. The second kappa shape index (κ2) is 2.94. The Kier molecular flexibility index (Phi) is 2.19. The fraction of sp³-hybridized carbons (Fsp3) is 0.167. The van der Waals surface area contributed by atoms with Crippen LogP contribution in [0.15, 0.2) is 29.0 Å². The maximum Gasteiger partial charge on any atom is 0.250 e. The Morgan fingerprint density at radius 1 is 1.67 bits per heavy atom. The lowest BCUT2D eigenvalue weighted by Gasteiger charge is -1.88. The van der Waals surface area contributed by atoms with Crippen LogP contribution in [0.4, 0.5) is 0 Å². The van der Waals surface area contributed by atoms with Gasteiger partial charge in [-0.1, -0.05) is 0 Å². The monoisotopic (exact) mass is 188 g/mol. The first-order valence-corrected chi connectivity index (χ1v) is 3.37. The number of pyridine rings is 1. The molecule has 0 aromatic carbocycles. The molecule has 0 aliphatic rings. The van der Waals surface area contributed by atoms with Crippen molar-refractivity contribution in [2.75, 3.05) is 0 Å². The highest BCUT2D eigenvalue weighted by molar-refractivity contribution is 9.10. The zero-order valence-corrected chi connectivity index (χ0v) is 6.37. The maximum atomic E-state index is 8.60. The second-order valence-corrected chi connectivity index (χ2v) is 2.59. The lowest BCUT2D eigenvalue weighted by Crippen LogP contribution is -2.32. The Bertz CT molecular complexity index is 202. The van der Waals surface area contributed by atoms with Gasteiger partial charge in [0.15, 0.2) is 12.4 Å². The van der Waals surface area contributed by atoms with Gasteiger partial charge in [-0.25, -0.2) is 0 Å². The molecule has 0 radical (unpaired) electrons. The molecule has 1 N–H and O–H groups in total. The summed E-state index contributed by atoms with van der Waals surface area (Å²) in [7, 11) is 0. The van der Waals surface area contributed by atoms with Gasteiger partial charge in [-0.15, -0.1) is 0 Å². The number of aliphatic hydroxyl groups excluding tert-OH is 1. The van der Waals surface area contributed by atoms with Crippen LogP contribution in [-0.2, 0) is 6.73 Å². The van der Waals surface area contributed by atoms with E-state index in [-0.39, 0.29) is 6.73 Å². The number of aromatic nitrogens is 1. The normalized spacial score (nSPS) is 9.56. The third kappa shape index (κ3) is 1.77.